The van der Waals surface area contributed by atoms with E-state index in [0.717, 1.165) is 21.3 Å². The molecule has 3 nitrogen and oxygen atoms in total. The van der Waals surface area contributed by atoms with Crippen LogP contribution in [0.2, 0.25) is 10.0 Å². The molecule has 2 aromatic rings. The fourth-order valence-electron chi connectivity index (χ4n) is 2.14. The number of hydrogen-bond donors (Lipinski definition) is 2. The second kappa shape index (κ2) is 7.47. The Kier molecular flexibility index (Phi) is 5.90. The normalized spacial score (nSPS) is 12.2. The lowest BCUT2D eigenvalue weighted by molar-refractivity contribution is 0.398. The zero-order valence-corrected chi connectivity index (χ0v) is 14.5. The van der Waals surface area contributed by atoms with E-state index in [9.17, 15) is 0 Å². The monoisotopic (exact) mass is 388 g/mol. The SMILES string of the molecule is COc1cc(Br)ccc1C(Cc1ccc(Cl)cc1Cl)NN. The minimum Gasteiger partial charge on any atom is -0.496 e. The van der Waals surface area contributed by atoms with Crippen molar-refractivity contribution in [2.75, 3.05) is 7.11 Å². The number of rotatable bonds is 5. The maximum absolute atomic E-state index is 6.23. The molecule has 2 aromatic carbocycles. The van der Waals surface area contributed by atoms with Crippen LogP contribution in [-0.2, 0) is 6.42 Å². The van der Waals surface area contributed by atoms with Crippen LogP contribution in [0.25, 0.3) is 0 Å². The molecule has 6 heteroatoms. The summed E-state index contributed by atoms with van der Waals surface area (Å²) in [6, 6.07) is 11.2. The van der Waals surface area contributed by atoms with Crippen LogP contribution in [0.3, 0.4) is 0 Å². The molecule has 21 heavy (non-hydrogen) atoms. The van der Waals surface area contributed by atoms with Gasteiger partial charge in [-0.1, -0.05) is 51.3 Å². The summed E-state index contributed by atoms with van der Waals surface area (Å²) < 4.78 is 6.36. The average molecular weight is 390 g/mol. The Balaban J connectivity index is 2.32. The molecular weight excluding hydrogens is 375 g/mol. The van der Waals surface area contributed by atoms with Crippen molar-refractivity contribution in [3.63, 3.8) is 0 Å². The number of ether oxygens (including phenoxy) is 1. The van der Waals surface area contributed by atoms with Gasteiger partial charge in [-0.25, -0.2) is 0 Å². The third-order valence-electron chi connectivity index (χ3n) is 3.21. The van der Waals surface area contributed by atoms with Crippen molar-refractivity contribution in [3.8, 4) is 5.75 Å². The van der Waals surface area contributed by atoms with Crippen molar-refractivity contribution in [1.82, 2.24) is 5.43 Å². The quantitative estimate of drug-likeness (QED) is 0.584. The maximum Gasteiger partial charge on any atom is 0.124 e. The van der Waals surface area contributed by atoms with Gasteiger partial charge in [0.05, 0.1) is 13.2 Å². The molecule has 0 amide bonds. The van der Waals surface area contributed by atoms with Crippen molar-refractivity contribution in [1.29, 1.82) is 0 Å². The largest absolute Gasteiger partial charge is 0.496 e. The van der Waals surface area contributed by atoms with E-state index in [2.05, 4.69) is 21.4 Å². The van der Waals surface area contributed by atoms with Crippen molar-refractivity contribution in [3.05, 3.63) is 62.0 Å². The smallest absolute Gasteiger partial charge is 0.124 e. The molecule has 0 saturated heterocycles. The first-order chi connectivity index (χ1) is 10.0. The van der Waals surface area contributed by atoms with Gasteiger partial charge in [-0.3, -0.25) is 11.3 Å². The molecule has 0 saturated carbocycles. The highest BCUT2D eigenvalue weighted by atomic mass is 79.9. The molecule has 0 fully saturated rings. The van der Waals surface area contributed by atoms with Crippen LogP contribution in [0.15, 0.2) is 40.9 Å². The highest BCUT2D eigenvalue weighted by Crippen LogP contribution is 2.32. The third kappa shape index (κ3) is 4.11. The summed E-state index contributed by atoms with van der Waals surface area (Å²) in [6.45, 7) is 0. The standard InChI is InChI=1S/C15H15BrCl2N2O/c1-21-15-7-10(16)3-5-12(15)14(20-19)6-9-2-4-11(17)8-13(9)18/h2-5,7-8,14,20H,6,19H2,1H3. The molecule has 0 radical (unpaired) electrons. The Morgan fingerprint density at radius 3 is 2.62 bits per heavy atom. The van der Waals surface area contributed by atoms with E-state index in [0.29, 0.717) is 16.5 Å². The number of methoxy groups -OCH3 is 1. The zero-order valence-electron chi connectivity index (χ0n) is 11.4. The molecule has 0 aliphatic carbocycles. The van der Waals surface area contributed by atoms with Crippen LogP contribution in [0, 0.1) is 0 Å². The lowest BCUT2D eigenvalue weighted by Gasteiger charge is -2.20. The van der Waals surface area contributed by atoms with Crippen molar-refractivity contribution >= 4 is 39.1 Å². The van der Waals surface area contributed by atoms with Gasteiger partial charge in [0.15, 0.2) is 0 Å². The molecule has 0 aromatic heterocycles. The van der Waals surface area contributed by atoms with E-state index >= 15 is 0 Å². The molecular formula is C15H15BrCl2N2O. The van der Waals surface area contributed by atoms with Crippen LogP contribution in [0.4, 0.5) is 0 Å². The second-order valence-electron chi connectivity index (χ2n) is 4.55. The van der Waals surface area contributed by atoms with Gasteiger partial charge in [0.2, 0.25) is 0 Å². The van der Waals surface area contributed by atoms with Crippen molar-refractivity contribution in [2.45, 2.75) is 12.5 Å². The Morgan fingerprint density at radius 2 is 2.00 bits per heavy atom. The van der Waals surface area contributed by atoms with E-state index in [1.165, 1.54) is 0 Å². The first-order valence-electron chi connectivity index (χ1n) is 6.28. The summed E-state index contributed by atoms with van der Waals surface area (Å²) in [7, 11) is 1.63. The van der Waals surface area contributed by atoms with Gasteiger partial charge in [-0.15, -0.1) is 0 Å². The molecule has 1 unspecified atom stereocenters. The maximum atomic E-state index is 6.23. The molecule has 112 valence electrons. The fraction of sp³-hybridized carbons (Fsp3) is 0.200. The molecule has 2 rings (SSSR count). The van der Waals surface area contributed by atoms with Gasteiger partial charge in [-0.2, -0.15) is 0 Å². The number of halogens is 3. The van der Waals surface area contributed by atoms with E-state index in [-0.39, 0.29) is 6.04 Å². The van der Waals surface area contributed by atoms with E-state index in [4.69, 9.17) is 33.8 Å². The molecule has 0 aliphatic heterocycles. The average Bonchev–Trinajstić information content (AvgIpc) is 2.47. The summed E-state index contributed by atoms with van der Waals surface area (Å²) >= 11 is 15.6. The Bertz CT molecular complexity index is 637. The Hall–Kier alpha value is -0.780. The third-order valence-corrected chi connectivity index (χ3v) is 4.29. The summed E-state index contributed by atoms with van der Waals surface area (Å²) in [6.07, 6.45) is 0.629. The summed E-state index contributed by atoms with van der Waals surface area (Å²) in [4.78, 5) is 0. The van der Waals surface area contributed by atoms with Crippen LogP contribution >= 0.6 is 39.1 Å². The summed E-state index contributed by atoms with van der Waals surface area (Å²) in [5.41, 5.74) is 4.75. The molecule has 0 bridgehead atoms. The first kappa shape index (κ1) is 16.6. The second-order valence-corrected chi connectivity index (χ2v) is 6.30. The number of hydrogen-bond acceptors (Lipinski definition) is 3. The van der Waals surface area contributed by atoms with E-state index < -0.39 is 0 Å². The van der Waals surface area contributed by atoms with Gasteiger partial charge in [-0.05, 0) is 36.2 Å². The highest BCUT2D eigenvalue weighted by Gasteiger charge is 2.17. The van der Waals surface area contributed by atoms with Crippen molar-refractivity contribution < 1.29 is 4.74 Å². The minimum atomic E-state index is -0.119. The van der Waals surface area contributed by atoms with Crippen LogP contribution in [-0.4, -0.2) is 7.11 Å². The molecule has 0 heterocycles. The molecule has 0 spiro atoms. The van der Waals surface area contributed by atoms with E-state index in [1.807, 2.05) is 30.3 Å². The number of benzene rings is 2. The molecule has 0 aliphatic rings. The molecule has 3 N–H and O–H groups in total. The predicted molar refractivity (Wildman–Crippen MR) is 90.9 cm³/mol. The highest BCUT2D eigenvalue weighted by molar-refractivity contribution is 9.10. The minimum absolute atomic E-state index is 0.119. The number of nitrogens with one attached hydrogen (secondary N) is 1. The lowest BCUT2D eigenvalue weighted by atomic mass is 9.98. The topological polar surface area (TPSA) is 47.3 Å². The van der Waals surface area contributed by atoms with Crippen LogP contribution in [0.1, 0.15) is 17.2 Å². The fourth-order valence-corrected chi connectivity index (χ4v) is 2.96. The Morgan fingerprint density at radius 1 is 1.24 bits per heavy atom. The zero-order chi connectivity index (χ0) is 15.4. The van der Waals surface area contributed by atoms with Gasteiger partial charge in [0.1, 0.15) is 5.75 Å². The predicted octanol–water partition coefficient (Wildman–Crippen LogP) is 4.51. The van der Waals surface area contributed by atoms with Gasteiger partial charge >= 0.3 is 0 Å². The van der Waals surface area contributed by atoms with Gasteiger partial charge < -0.3 is 4.74 Å². The summed E-state index contributed by atoms with van der Waals surface area (Å²) in [5, 5.41) is 1.24. The lowest BCUT2D eigenvalue weighted by Crippen LogP contribution is -2.30. The van der Waals surface area contributed by atoms with Crippen LogP contribution in [0.5, 0.6) is 5.75 Å². The molecule has 1 atom stereocenters. The van der Waals surface area contributed by atoms with Gasteiger partial charge in [0, 0.05) is 20.1 Å². The summed E-state index contributed by atoms with van der Waals surface area (Å²) in [5.74, 6) is 6.47. The van der Waals surface area contributed by atoms with Gasteiger partial charge in [0.25, 0.3) is 0 Å². The van der Waals surface area contributed by atoms with Crippen LogP contribution < -0.4 is 16.0 Å². The number of hydrazine groups is 1. The Labute approximate surface area is 142 Å². The van der Waals surface area contributed by atoms with Crippen molar-refractivity contribution in [2.24, 2.45) is 5.84 Å². The van der Waals surface area contributed by atoms with E-state index in [1.54, 1.807) is 13.2 Å². The first-order valence-corrected chi connectivity index (χ1v) is 7.83. The number of nitrogens with two attached hydrogens (primary N) is 1.